The van der Waals surface area contributed by atoms with Gasteiger partial charge in [-0.15, -0.1) is 0 Å². The van der Waals surface area contributed by atoms with Gasteiger partial charge in [0.2, 0.25) is 0 Å². The Bertz CT molecular complexity index is 793. The van der Waals surface area contributed by atoms with E-state index in [9.17, 15) is 19.5 Å². The van der Waals surface area contributed by atoms with Crippen LogP contribution in [0.5, 0.6) is 0 Å². The molecule has 5 heteroatoms. The summed E-state index contributed by atoms with van der Waals surface area (Å²) in [5.74, 6) is -1.05. The number of aliphatic hydroxyl groups is 1. The Morgan fingerprint density at radius 2 is 1.89 bits per heavy atom. The quantitative estimate of drug-likeness (QED) is 0.565. The molecule has 0 heterocycles. The molecule has 0 aromatic heterocycles. The zero-order chi connectivity index (χ0) is 19.9. The van der Waals surface area contributed by atoms with E-state index in [-0.39, 0.29) is 29.3 Å². The lowest BCUT2D eigenvalue weighted by atomic mass is 9.41. The van der Waals surface area contributed by atoms with Gasteiger partial charge in [0.05, 0.1) is 6.10 Å². The van der Waals surface area contributed by atoms with Crippen LogP contribution in [-0.4, -0.2) is 34.9 Å². The first-order chi connectivity index (χ1) is 12.5. The van der Waals surface area contributed by atoms with Gasteiger partial charge in [0, 0.05) is 18.3 Å². The third-order valence-corrected chi connectivity index (χ3v) is 8.22. The fraction of sp³-hybridized carbons (Fsp3) is 0.682. The molecule has 2 bridgehead atoms. The van der Waals surface area contributed by atoms with Crippen molar-refractivity contribution in [3.63, 3.8) is 0 Å². The topological polar surface area (TPSA) is 80.7 Å². The number of ether oxygens (including phenoxy) is 1. The van der Waals surface area contributed by atoms with E-state index in [1.54, 1.807) is 6.08 Å². The average Bonchev–Trinajstić information content (AvgIpc) is 2.70. The molecule has 0 aliphatic heterocycles. The molecule has 0 aromatic carbocycles. The van der Waals surface area contributed by atoms with Crippen molar-refractivity contribution in [3.8, 4) is 0 Å². The van der Waals surface area contributed by atoms with Crippen LogP contribution in [0.3, 0.4) is 0 Å². The molecule has 0 unspecified atom stereocenters. The summed E-state index contributed by atoms with van der Waals surface area (Å²) in [5, 5.41) is 11.3. The van der Waals surface area contributed by atoms with Crippen molar-refractivity contribution in [2.24, 2.45) is 34.0 Å². The highest BCUT2D eigenvalue weighted by Crippen LogP contribution is 2.70. The molecule has 0 radical (unpaired) electrons. The Labute approximate surface area is 159 Å². The lowest BCUT2D eigenvalue weighted by molar-refractivity contribution is -0.215. The van der Waals surface area contributed by atoms with Gasteiger partial charge in [0.1, 0.15) is 11.5 Å². The molecule has 0 amide bonds. The van der Waals surface area contributed by atoms with E-state index >= 15 is 0 Å². The van der Waals surface area contributed by atoms with Gasteiger partial charge in [0.15, 0.2) is 11.6 Å². The van der Waals surface area contributed by atoms with Crippen molar-refractivity contribution in [2.75, 3.05) is 0 Å². The van der Waals surface area contributed by atoms with Gasteiger partial charge in [-0.2, -0.15) is 0 Å². The Morgan fingerprint density at radius 1 is 1.22 bits per heavy atom. The second-order valence-electron chi connectivity index (χ2n) is 9.64. The van der Waals surface area contributed by atoms with E-state index in [1.165, 1.54) is 6.92 Å². The zero-order valence-corrected chi connectivity index (χ0v) is 16.5. The number of fused-ring (bicyclic) bond motifs is 3. The maximum Gasteiger partial charge on any atom is 0.302 e. The van der Waals surface area contributed by atoms with Gasteiger partial charge in [0.25, 0.3) is 0 Å². The monoisotopic (exact) mass is 372 g/mol. The molecule has 1 spiro atoms. The number of carbonyl (C=O) groups is 3. The third-order valence-electron chi connectivity index (χ3n) is 8.22. The van der Waals surface area contributed by atoms with Crippen LogP contribution in [0.1, 0.15) is 47.0 Å². The molecule has 5 nitrogen and oxygen atoms in total. The number of allylic oxidation sites excluding steroid dienone is 2. The second-order valence-corrected chi connectivity index (χ2v) is 9.64. The standard InChI is InChI=1S/C22H28O5/c1-11-13-6-7-14-21(5)9-8-16(24)20(3,4)15(21)10-17(25)22(14,18(11)26)19(13)27-12(2)23/h8-9,13-15,17,19,25H,1,6-7,10H2,2-5H3/t13-,14-,15+,17+,19+,21-,22-/m0/s1. The van der Waals surface area contributed by atoms with Crippen molar-refractivity contribution in [1.29, 1.82) is 0 Å². The van der Waals surface area contributed by atoms with E-state index < -0.39 is 34.4 Å². The maximum atomic E-state index is 13.4. The molecule has 4 rings (SSSR count). The predicted molar refractivity (Wildman–Crippen MR) is 98.5 cm³/mol. The highest BCUT2D eigenvalue weighted by molar-refractivity contribution is 6.05. The van der Waals surface area contributed by atoms with Gasteiger partial charge in [-0.3, -0.25) is 14.4 Å². The molecule has 146 valence electrons. The Balaban J connectivity index is 1.92. The normalized spacial score (nSPS) is 47.4. The van der Waals surface area contributed by atoms with E-state index in [0.29, 0.717) is 18.4 Å². The van der Waals surface area contributed by atoms with Crippen molar-refractivity contribution in [3.05, 3.63) is 24.3 Å². The number of carbonyl (C=O) groups excluding carboxylic acids is 3. The Hall–Kier alpha value is -1.75. The van der Waals surface area contributed by atoms with Gasteiger partial charge in [-0.25, -0.2) is 0 Å². The third kappa shape index (κ3) is 2.01. The number of hydrogen-bond acceptors (Lipinski definition) is 5. The summed E-state index contributed by atoms with van der Waals surface area (Å²) in [6.07, 6.45) is 3.73. The van der Waals surface area contributed by atoms with E-state index in [1.807, 2.05) is 19.9 Å². The summed E-state index contributed by atoms with van der Waals surface area (Å²) < 4.78 is 5.68. The van der Waals surface area contributed by atoms with Crippen LogP contribution >= 0.6 is 0 Å². The number of esters is 1. The first-order valence-electron chi connectivity index (χ1n) is 9.81. The molecular weight excluding hydrogens is 344 g/mol. The molecule has 1 N–H and O–H groups in total. The Kier molecular flexibility index (Phi) is 3.72. The highest BCUT2D eigenvalue weighted by Gasteiger charge is 2.75. The number of ketones is 2. The van der Waals surface area contributed by atoms with Crippen molar-refractivity contribution < 1.29 is 24.2 Å². The molecule has 27 heavy (non-hydrogen) atoms. The SMILES string of the molecule is C=C1C(=O)[C@@]23[C@H](O)C[C@@H]4C(C)(C)C(=O)C=C[C@@]4(C)[C@@H]2CC[C@@H]1[C@H]3OC(C)=O. The number of rotatable bonds is 1. The average molecular weight is 372 g/mol. The second kappa shape index (κ2) is 5.40. The van der Waals surface area contributed by atoms with Crippen LogP contribution in [-0.2, 0) is 19.1 Å². The fourth-order valence-electron chi connectivity index (χ4n) is 6.98. The largest absolute Gasteiger partial charge is 0.461 e. The van der Waals surface area contributed by atoms with Gasteiger partial charge < -0.3 is 9.84 Å². The Morgan fingerprint density at radius 3 is 2.52 bits per heavy atom. The predicted octanol–water partition coefficient (Wildman–Crippen LogP) is 2.62. The molecule has 0 saturated heterocycles. The molecular formula is C22H28O5. The minimum absolute atomic E-state index is 0.0560. The van der Waals surface area contributed by atoms with E-state index in [0.717, 1.165) is 6.42 Å². The fourth-order valence-corrected chi connectivity index (χ4v) is 6.98. The summed E-state index contributed by atoms with van der Waals surface area (Å²) in [4.78, 5) is 37.8. The summed E-state index contributed by atoms with van der Waals surface area (Å²) in [6, 6.07) is 0. The molecule has 7 atom stereocenters. The molecule has 3 fully saturated rings. The van der Waals surface area contributed by atoms with E-state index in [2.05, 4.69) is 13.5 Å². The van der Waals surface area contributed by atoms with E-state index in [4.69, 9.17) is 4.74 Å². The lowest BCUT2D eigenvalue weighted by Crippen LogP contribution is -2.67. The number of Topliss-reactive ketones (excluding diaryl/α,β-unsaturated/α-hetero) is 1. The summed E-state index contributed by atoms with van der Waals surface area (Å²) in [6.45, 7) is 11.3. The van der Waals surface area contributed by atoms with Crippen LogP contribution in [0, 0.1) is 34.0 Å². The van der Waals surface area contributed by atoms with Gasteiger partial charge in [-0.1, -0.05) is 33.4 Å². The van der Waals surface area contributed by atoms with Crippen LogP contribution < -0.4 is 0 Å². The van der Waals surface area contributed by atoms with Crippen LogP contribution in [0.25, 0.3) is 0 Å². The van der Waals surface area contributed by atoms with Crippen molar-refractivity contribution in [2.45, 2.75) is 59.2 Å². The maximum absolute atomic E-state index is 13.4. The van der Waals surface area contributed by atoms with Crippen LogP contribution in [0.2, 0.25) is 0 Å². The molecule has 4 aliphatic carbocycles. The zero-order valence-electron chi connectivity index (χ0n) is 16.5. The minimum Gasteiger partial charge on any atom is -0.461 e. The summed E-state index contributed by atoms with van der Waals surface area (Å²) >= 11 is 0. The summed E-state index contributed by atoms with van der Waals surface area (Å²) in [7, 11) is 0. The molecule has 4 aliphatic rings. The van der Waals surface area contributed by atoms with Crippen LogP contribution in [0.4, 0.5) is 0 Å². The van der Waals surface area contributed by atoms with Crippen molar-refractivity contribution in [1.82, 2.24) is 0 Å². The van der Waals surface area contributed by atoms with Gasteiger partial charge >= 0.3 is 5.97 Å². The molecule has 3 saturated carbocycles. The number of aliphatic hydroxyl groups excluding tert-OH is 1. The minimum atomic E-state index is -1.16. The van der Waals surface area contributed by atoms with Crippen LogP contribution in [0.15, 0.2) is 24.3 Å². The van der Waals surface area contributed by atoms with Crippen molar-refractivity contribution >= 4 is 17.5 Å². The number of hydrogen-bond donors (Lipinski definition) is 1. The lowest BCUT2D eigenvalue weighted by Gasteiger charge is -2.63. The highest BCUT2D eigenvalue weighted by atomic mass is 16.5. The first kappa shape index (κ1) is 18.6. The smallest absolute Gasteiger partial charge is 0.302 e. The first-order valence-corrected chi connectivity index (χ1v) is 9.81. The van der Waals surface area contributed by atoms with Gasteiger partial charge in [-0.05, 0) is 48.2 Å². The summed E-state index contributed by atoms with van der Waals surface area (Å²) in [5.41, 5.74) is -1.73. The molecule has 0 aromatic rings.